The Hall–Kier alpha value is -1.06. The summed E-state index contributed by atoms with van der Waals surface area (Å²) in [5, 5.41) is 9.45. The van der Waals surface area contributed by atoms with Crippen LogP contribution in [0.5, 0.6) is 0 Å². The molecule has 0 amide bonds. The van der Waals surface area contributed by atoms with Crippen LogP contribution in [0.3, 0.4) is 0 Å². The Balaban J connectivity index is 2.06. The van der Waals surface area contributed by atoms with Crippen molar-refractivity contribution < 1.29 is 19.4 Å². The van der Waals surface area contributed by atoms with Crippen LogP contribution >= 0.6 is 0 Å². The third kappa shape index (κ3) is 6.00. The smallest absolute Gasteiger partial charge is 0.310 e. The molecule has 0 aromatic rings. The molecule has 0 radical (unpaired) electrons. The van der Waals surface area contributed by atoms with Crippen LogP contribution in [0.2, 0.25) is 0 Å². The number of hydrogen-bond donors (Lipinski definition) is 1. The molecule has 144 valence electrons. The number of carboxylic acids is 1. The SMILES string of the molecule is CC1CCC(C(CC(C)(C)C)OC(=O)C2CCCCC2C(=O)O)CC1. The molecule has 0 aromatic heterocycles. The number of rotatable bonds is 5. The highest BCUT2D eigenvalue weighted by molar-refractivity contribution is 5.81. The Kier molecular flexibility index (Phi) is 6.93. The first-order valence-corrected chi connectivity index (χ1v) is 10.1. The van der Waals surface area contributed by atoms with Gasteiger partial charge >= 0.3 is 11.9 Å². The Labute approximate surface area is 152 Å². The van der Waals surface area contributed by atoms with Gasteiger partial charge in [0.1, 0.15) is 6.10 Å². The average molecular weight is 353 g/mol. The standard InChI is InChI=1S/C21H36O4/c1-14-9-11-15(12-10-14)18(13-21(2,3)4)25-20(24)17-8-6-5-7-16(17)19(22)23/h14-18H,5-13H2,1-4H3,(H,22,23). The molecule has 2 aliphatic rings. The van der Waals surface area contributed by atoms with Gasteiger partial charge in [0.05, 0.1) is 11.8 Å². The molecule has 1 N–H and O–H groups in total. The van der Waals surface area contributed by atoms with Crippen LogP contribution < -0.4 is 0 Å². The van der Waals surface area contributed by atoms with E-state index in [1.54, 1.807) is 0 Å². The van der Waals surface area contributed by atoms with E-state index in [9.17, 15) is 14.7 Å². The van der Waals surface area contributed by atoms with Gasteiger partial charge in [-0.15, -0.1) is 0 Å². The van der Waals surface area contributed by atoms with E-state index in [2.05, 4.69) is 27.7 Å². The summed E-state index contributed by atoms with van der Waals surface area (Å²) in [6, 6.07) is 0. The third-order valence-electron chi connectivity index (χ3n) is 6.05. The summed E-state index contributed by atoms with van der Waals surface area (Å²) in [7, 11) is 0. The average Bonchev–Trinajstić information content (AvgIpc) is 2.53. The Morgan fingerprint density at radius 1 is 1.00 bits per heavy atom. The fraction of sp³-hybridized carbons (Fsp3) is 0.905. The molecule has 0 saturated heterocycles. The first kappa shape index (κ1) is 20.3. The van der Waals surface area contributed by atoms with Crippen LogP contribution in [0.25, 0.3) is 0 Å². The Bertz CT molecular complexity index is 457. The molecule has 4 heteroatoms. The van der Waals surface area contributed by atoms with Gasteiger partial charge in [0.25, 0.3) is 0 Å². The Morgan fingerprint density at radius 3 is 2.08 bits per heavy atom. The fourth-order valence-electron chi connectivity index (χ4n) is 4.51. The van der Waals surface area contributed by atoms with Gasteiger partial charge < -0.3 is 9.84 Å². The summed E-state index contributed by atoms with van der Waals surface area (Å²) in [4.78, 5) is 24.3. The zero-order valence-electron chi connectivity index (χ0n) is 16.4. The molecular weight excluding hydrogens is 316 g/mol. The maximum atomic E-state index is 12.8. The highest BCUT2D eigenvalue weighted by atomic mass is 16.5. The van der Waals surface area contributed by atoms with Crippen LogP contribution in [0, 0.1) is 29.1 Å². The second kappa shape index (κ2) is 8.55. The van der Waals surface area contributed by atoms with Gasteiger partial charge in [-0.2, -0.15) is 0 Å². The van der Waals surface area contributed by atoms with Crippen molar-refractivity contribution in [3.05, 3.63) is 0 Å². The number of hydrogen-bond acceptors (Lipinski definition) is 3. The number of aliphatic carboxylic acids is 1. The van der Waals surface area contributed by atoms with Crippen molar-refractivity contribution in [2.75, 3.05) is 0 Å². The van der Waals surface area contributed by atoms with E-state index in [1.807, 2.05) is 0 Å². The first-order valence-electron chi connectivity index (χ1n) is 10.1. The number of esters is 1. The molecule has 0 aliphatic heterocycles. The van der Waals surface area contributed by atoms with Gasteiger partial charge in [-0.05, 0) is 49.4 Å². The fourth-order valence-corrected chi connectivity index (χ4v) is 4.51. The molecule has 2 fully saturated rings. The highest BCUT2D eigenvalue weighted by Crippen LogP contribution is 2.38. The van der Waals surface area contributed by atoms with Gasteiger partial charge in [0.15, 0.2) is 0 Å². The van der Waals surface area contributed by atoms with Crippen molar-refractivity contribution in [2.45, 2.75) is 91.6 Å². The van der Waals surface area contributed by atoms with Crippen molar-refractivity contribution >= 4 is 11.9 Å². The second-order valence-corrected chi connectivity index (χ2v) is 9.60. The summed E-state index contributed by atoms with van der Waals surface area (Å²) in [6.45, 7) is 8.83. The maximum absolute atomic E-state index is 12.8. The van der Waals surface area contributed by atoms with Crippen LogP contribution in [-0.4, -0.2) is 23.1 Å². The van der Waals surface area contributed by atoms with Crippen LogP contribution in [0.4, 0.5) is 0 Å². The predicted octanol–water partition coefficient (Wildman–Crippen LogP) is 5.05. The zero-order valence-corrected chi connectivity index (χ0v) is 16.4. The second-order valence-electron chi connectivity index (χ2n) is 9.60. The number of carbonyl (C=O) groups excluding carboxylic acids is 1. The van der Waals surface area contributed by atoms with Crippen molar-refractivity contribution in [3.63, 3.8) is 0 Å². The quantitative estimate of drug-likeness (QED) is 0.703. The third-order valence-corrected chi connectivity index (χ3v) is 6.05. The summed E-state index contributed by atoms with van der Waals surface area (Å²) in [5.41, 5.74) is 0.0901. The van der Waals surface area contributed by atoms with E-state index in [1.165, 1.54) is 12.8 Å². The van der Waals surface area contributed by atoms with E-state index >= 15 is 0 Å². The van der Waals surface area contributed by atoms with Crippen LogP contribution in [0.1, 0.15) is 85.5 Å². The highest BCUT2D eigenvalue weighted by Gasteiger charge is 2.39. The number of carbonyl (C=O) groups is 2. The molecule has 0 bridgehead atoms. The van der Waals surface area contributed by atoms with Crippen LogP contribution in [0.15, 0.2) is 0 Å². The van der Waals surface area contributed by atoms with Crippen LogP contribution in [-0.2, 0) is 14.3 Å². The Morgan fingerprint density at radius 2 is 1.56 bits per heavy atom. The minimum Gasteiger partial charge on any atom is -0.481 e. The molecule has 0 spiro atoms. The van der Waals surface area contributed by atoms with Gasteiger partial charge in [0, 0.05) is 0 Å². The summed E-state index contributed by atoms with van der Waals surface area (Å²) < 4.78 is 6.02. The first-order chi connectivity index (χ1) is 11.7. The van der Waals surface area contributed by atoms with E-state index < -0.39 is 17.8 Å². The van der Waals surface area contributed by atoms with Crippen molar-refractivity contribution in [3.8, 4) is 0 Å². The molecule has 2 saturated carbocycles. The maximum Gasteiger partial charge on any atom is 0.310 e. The minimum atomic E-state index is -0.847. The topological polar surface area (TPSA) is 63.6 Å². The monoisotopic (exact) mass is 352 g/mol. The molecule has 0 heterocycles. The molecule has 0 aromatic carbocycles. The van der Waals surface area contributed by atoms with Crippen molar-refractivity contribution in [2.24, 2.45) is 29.1 Å². The zero-order chi connectivity index (χ0) is 18.6. The molecule has 3 unspecified atom stereocenters. The summed E-state index contributed by atoms with van der Waals surface area (Å²) in [5.74, 6) is -0.956. The van der Waals surface area contributed by atoms with Gasteiger partial charge in [-0.25, -0.2) is 0 Å². The van der Waals surface area contributed by atoms with E-state index in [4.69, 9.17) is 4.74 Å². The number of ether oxygens (including phenoxy) is 1. The lowest BCUT2D eigenvalue weighted by molar-refractivity contribution is -0.168. The molecular formula is C21H36O4. The minimum absolute atomic E-state index is 0.0728. The lowest BCUT2D eigenvalue weighted by atomic mass is 9.75. The molecule has 4 nitrogen and oxygen atoms in total. The van der Waals surface area contributed by atoms with E-state index in [0.29, 0.717) is 18.8 Å². The summed E-state index contributed by atoms with van der Waals surface area (Å²) in [6.07, 6.45) is 8.47. The van der Waals surface area contributed by atoms with Gasteiger partial charge in [-0.1, -0.05) is 53.4 Å². The molecule has 2 rings (SSSR count). The molecule has 25 heavy (non-hydrogen) atoms. The lowest BCUT2D eigenvalue weighted by Gasteiger charge is -2.37. The predicted molar refractivity (Wildman–Crippen MR) is 98.2 cm³/mol. The normalized spacial score (nSPS) is 32.0. The largest absolute Gasteiger partial charge is 0.481 e. The van der Waals surface area contributed by atoms with Crippen molar-refractivity contribution in [1.29, 1.82) is 0 Å². The van der Waals surface area contributed by atoms with Gasteiger partial charge in [0.2, 0.25) is 0 Å². The molecule has 2 aliphatic carbocycles. The lowest BCUT2D eigenvalue weighted by Crippen LogP contribution is -2.39. The van der Waals surface area contributed by atoms with Crippen molar-refractivity contribution in [1.82, 2.24) is 0 Å². The number of carboxylic acid groups (broad SMARTS) is 1. The van der Waals surface area contributed by atoms with Gasteiger partial charge in [-0.3, -0.25) is 9.59 Å². The molecule has 3 atom stereocenters. The van der Waals surface area contributed by atoms with E-state index in [-0.39, 0.29) is 17.5 Å². The summed E-state index contributed by atoms with van der Waals surface area (Å²) >= 11 is 0. The van der Waals surface area contributed by atoms with E-state index in [0.717, 1.165) is 38.0 Å².